The monoisotopic (exact) mass is 957 g/mol. The zero-order valence-electron chi connectivity index (χ0n) is 38.9. The summed E-state index contributed by atoms with van der Waals surface area (Å²) in [7, 11) is 0. The molecule has 11 aromatic carbocycles. The van der Waals surface area contributed by atoms with Gasteiger partial charge < -0.3 is 19.1 Å². The van der Waals surface area contributed by atoms with E-state index in [4.69, 9.17) is 4.42 Å². The highest BCUT2D eigenvalue weighted by molar-refractivity contribution is 7.26. The lowest BCUT2D eigenvalue weighted by molar-refractivity contribution is 0.670. The van der Waals surface area contributed by atoms with Crippen molar-refractivity contribution >= 4 is 136 Å². The Bertz CT molecular complexity index is 4120. The SMILES string of the molecule is c1ccc(N(c2ccc(-c3cccc4c3oc3ccccc34)cc2)c2cc(N(c3ccccc3)c3cccc4c3sc3ccccc34)cc(N(c3ccccc3)c3cccc4c3sc3ccccc34)c2)cc1. The fourth-order valence-electron chi connectivity index (χ4n) is 10.6. The van der Waals surface area contributed by atoms with Crippen molar-refractivity contribution in [2.45, 2.75) is 0 Å². The number of hydrogen-bond acceptors (Lipinski definition) is 6. The zero-order valence-corrected chi connectivity index (χ0v) is 40.5. The first kappa shape index (κ1) is 42.0. The van der Waals surface area contributed by atoms with Crippen LogP contribution in [-0.4, -0.2) is 0 Å². The van der Waals surface area contributed by atoms with Gasteiger partial charge in [0.25, 0.3) is 0 Å². The summed E-state index contributed by atoms with van der Waals surface area (Å²) in [6.45, 7) is 0. The van der Waals surface area contributed by atoms with Gasteiger partial charge in [-0.3, -0.25) is 0 Å². The van der Waals surface area contributed by atoms with Crippen LogP contribution in [0.25, 0.3) is 73.4 Å². The van der Waals surface area contributed by atoms with Gasteiger partial charge in [-0.2, -0.15) is 0 Å². The van der Waals surface area contributed by atoms with E-state index in [1.165, 1.54) is 40.3 Å². The van der Waals surface area contributed by atoms with Crippen LogP contribution in [0, 0.1) is 0 Å². The van der Waals surface area contributed by atoms with E-state index in [0.717, 1.165) is 84.3 Å². The van der Waals surface area contributed by atoms with E-state index in [2.05, 4.69) is 263 Å². The molecule has 0 amide bonds. The van der Waals surface area contributed by atoms with E-state index in [9.17, 15) is 0 Å². The van der Waals surface area contributed by atoms with Gasteiger partial charge in [-0.15, -0.1) is 22.7 Å². The molecular weight excluding hydrogens is 915 g/mol. The molecule has 3 aromatic heterocycles. The van der Waals surface area contributed by atoms with Crippen LogP contribution in [0.5, 0.6) is 0 Å². The first-order valence-electron chi connectivity index (χ1n) is 24.2. The fourth-order valence-corrected chi connectivity index (χ4v) is 13.0. The number of para-hydroxylation sites is 5. The molecule has 0 saturated carbocycles. The third-order valence-corrected chi connectivity index (χ3v) is 16.2. The van der Waals surface area contributed by atoms with E-state index >= 15 is 0 Å². The number of thiophene rings is 2. The average Bonchev–Trinajstić information content (AvgIpc) is 4.15. The molecule has 0 spiro atoms. The summed E-state index contributed by atoms with van der Waals surface area (Å²) in [6, 6.07) is 94.2. The Hall–Kier alpha value is -8.94. The quantitative estimate of drug-likeness (QED) is 0.136. The lowest BCUT2D eigenvalue weighted by Gasteiger charge is -2.33. The smallest absolute Gasteiger partial charge is 0.143 e. The standard InChI is InChI=1S/C66H43N3OS2/c1-4-19-45(20-5-1)67(48-39-37-44(38-40-48)52-28-16-29-56-53-25-10-13-34-61(53)70-64(52)56)49-41-50(68(46-21-6-2-7-22-46)59-32-17-30-57-54-26-11-14-35-62(54)71-65(57)59)43-51(42-49)69(47-23-8-3-9-24-47)60-33-18-31-58-55-27-12-15-36-63(55)72-66(58)60/h1-43H. The number of rotatable bonds is 10. The van der Waals surface area contributed by atoms with Crippen molar-refractivity contribution in [1.82, 2.24) is 0 Å². The normalized spacial score (nSPS) is 11.6. The van der Waals surface area contributed by atoms with Crippen LogP contribution in [0.3, 0.4) is 0 Å². The van der Waals surface area contributed by atoms with Gasteiger partial charge in [0.05, 0.1) is 37.8 Å². The molecule has 340 valence electrons. The van der Waals surface area contributed by atoms with E-state index in [0.29, 0.717) is 0 Å². The molecule has 0 radical (unpaired) electrons. The summed E-state index contributed by atoms with van der Waals surface area (Å²) >= 11 is 3.70. The maximum atomic E-state index is 6.54. The first-order chi connectivity index (χ1) is 35.7. The Labute approximate surface area is 424 Å². The van der Waals surface area contributed by atoms with Crippen molar-refractivity contribution < 1.29 is 4.42 Å². The maximum absolute atomic E-state index is 6.54. The minimum atomic E-state index is 0.892. The number of furan rings is 1. The van der Waals surface area contributed by atoms with E-state index in [1.807, 2.05) is 34.8 Å². The number of nitrogens with zero attached hydrogens (tertiary/aromatic N) is 3. The highest BCUT2D eigenvalue weighted by atomic mass is 32.1. The molecule has 0 aliphatic heterocycles. The Morgan fingerprint density at radius 1 is 0.278 bits per heavy atom. The molecule has 4 nitrogen and oxygen atoms in total. The van der Waals surface area contributed by atoms with Crippen LogP contribution in [0.2, 0.25) is 0 Å². The van der Waals surface area contributed by atoms with Crippen LogP contribution < -0.4 is 14.7 Å². The fraction of sp³-hybridized carbons (Fsp3) is 0. The van der Waals surface area contributed by atoms with Crippen LogP contribution in [0.4, 0.5) is 51.2 Å². The Morgan fingerprint density at radius 3 is 1.22 bits per heavy atom. The van der Waals surface area contributed by atoms with Crippen molar-refractivity contribution in [3.05, 3.63) is 261 Å². The maximum Gasteiger partial charge on any atom is 0.143 e. The van der Waals surface area contributed by atoms with Crippen molar-refractivity contribution in [1.29, 1.82) is 0 Å². The highest BCUT2D eigenvalue weighted by Crippen LogP contribution is 2.51. The lowest BCUT2D eigenvalue weighted by Crippen LogP contribution is -2.16. The molecule has 0 fully saturated rings. The average molecular weight is 958 g/mol. The summed E-state index contributed by atoms with van der Waals surface area (Å²) in [5.41, 5.74) is 13.5. The predicted octanol–water partition coefficient (Wildman–Crippen LogP) is 20.4. The molecule has 0 unspecified atom stereocenters. The second-order valence-corrected chi connectivity index (χ2v) is 20.2. The minimum Gasteiger partial charge on any atom is -0.455 e. The van der Waals surface area contributed by atoms with E-state index < -0.39 is 0 Å². The number of benzene rings is 11. The largest absolute Gasteiger partial charge is 0.455 e. The van der Waals surface area contributed by atoms with Crippen molar-refractivity contribution in [2.24, 2.45) is 0 Å². The van der Waals surface area contributed by atoms with Crippen molar-refractivity contribution in [3.63, 3.8) is 0 Å². The van der Waals surface area contributed by atoms with Gasteiger partial charge in [0.15, 0.2) is 0 Å². The van der Waals surface area contributed by atoms with Gasteiger partial charge in [0, 0.05) is 70.0 Å². The molecule has 14 rings (SSSR count). The van der Waals surface area contributed by atoms with E-state index in [-0.39, 0.29) is 0 Å². The summed E-state index contributed by atoms with van der Waals surface area (Å²) in [4.78, 5) is 7.30. The zero-order chi connectivity index (χ0) is 47.5. The second kappa shape index (κ2) is 17.5. The lowest BCUT2D eigenvalue weighted by atomic mass is 10.0. The second-order valence-electron chi connectivity index (χ2n) is 18.1. The molecule has 3 heterocycles. The minimum absolute atomic E-state index is 0.892. The first-order valence-corrected chi connectivity index (χ1v) is 25.9. The van der Waals surface area contributed by atoms with Gasteiger partial charge in [-0.05, 0) is 103 Å². The van der Waals surface area contributed by atoms with Gasteiger partial charge >= 0.3 is 0 Å². The third kappa shape index (κ3) is 7.11. The van der Waals surface area contributed by atoms with Crippen LogP contribution in [0.15, 0.2) is 265 Å². The summed E-state index contributed by atoms with van der Waals surface area (Å²) in [6.07, 6.45) is 0. The molecule has 0 bridgehead atoms. The Kier molecular flexibility index (Phi) is 10.2. The molecule has 72 heavy (non-hydrogen) atoms. The van der Waals surface area contributed by atoms with Gasteiger partial charge in [0.2, 0.25) is 0 Å². The molecule has 14 aromatic rings. The molecule has 0 N–H and O–H groups in total. The van der Waals surface area contributed by atoms with Gasteiger partial charge in [0.1, 0.15) is 11.2 Å². The Balaban J connectivity index is 1.03. The molecule has 0 aliphatic rings. The topological polar surface area (TPSA) is 22.9 Å². The third-order valence-electron chi connectivity index (χ3n) is 13.8. The van der Waals surface area contributed by atoms with Gasteiger partial charge in [-0.25, -0.2) is 0 Å². The van der Waals surface area contributed by atoms with Gasteiger partial charge in [-0.1, -0.05) is 164 Å². The molecule has 6 heteroatoms. The molecule has 0 aliphatic carbocycles. The summed E-state index contributed by atoms with van der Waals surface area (Å²) < 4.78 is 11.5. The van der Waals surface area contributed by atoms with Crippen LogP contribution in [0.1, 0.15) is 0 Å². The highest BCUT2D eigenvalue weighted by Gasteiger charge is 2.25. The number of anilines is 9. The summed E-state index contributed by atoms with van der Waals surface area (Å²) in [5, 5.41) is 7.27. The molecule has 0 atom stereocenters. The summed E-state index contributed by atoms with van der Waals surface area (Å²) in [5.74, 6) is 0. The van der Waals surface area contributed by atoms with E-state index in [1.54, 1.807) is 0 Å². The predicted molar refractivity (Wildman–Crippen MR) is 309 cm³/mol. The van der Waals surface area contributed by atoms with Crippen LogP contribution in [-0.2, 0) is 0 Å². The number of fused-ring (bicyclic) bond motifs is 9. The van der Waals surface area contributed by atoms with Crippen molar-refractivity contribution in [2.75, 3.05) is 14.7 Å². The molecular formula is C66H43N3OS2. The molecule has 0 saturated heterocycles. The van der Waals surface area contributed by atoms with Crippen molar-refractivity contribution in [3.8, 4) is 11.1 Å². The number of hydrogen-bond donors (Lipinski definition) is 0. The van der Waals surface area contributed by atoms with Crippen LogP contribution >= 0.6 is 22.7 Å². The Morgan fingerprint density at radius 2 is 0.681 bits per heavy atom.